The van der Waals surface area contributed by atoms with Gasteiger partial charge in [-0.25, -0.2) is 4.98 Å². The van der Waals surface area contributed by atoms with E-state index >= 15 is 0 Å². The van der Waals surface area contributed by atoms with E-state index in [4.69, 9.17) is 0 Å². The Balaban J connectivity index is 1.80. The summed E-state index contributed by atoms with van der Waals surface area (Å²) in [5.74, 6) is 0. The number of anilines is 1. The van der Waals surface area contributed by atoms with Crippen molar-refractivity contribution in [2.24, 2.45) is 0 Å². The number of fused-ring (bicyclic) bond motifs is 1. The Morgan fingerprint density at radius 3 is 2.75 bits per heavy atom. The van der Waals surface area contributed by atoms with Crippen LogP contribution in [0.25, 0.3) is 10.2 Å². The zero-order valence-corrected chi connectivity index (χ0v) is 11.3. The molecule has 2 aromatic carbocycles. The summed E-state index contributed by atoms with van der Waals surface area (Å²) in [7, 11) is 0. The molecule has 20 heavy (non-hydrogen) atoms. The van der Waals surface area contributed by atoms with Crippen molar-refractivity contribution in [3.05, 3.63) is 64.2 Å². The molecule has 0 aliphatic rings. The van der Waals surface area contributed by atoms with E-state index in [0.29, 0.717) is 6.54 Å². The minimum atomic E-state index is -0.393. The van der Waals surface area contributed by atoms with Crippen LogP contribution in [0, 0.1) is 10.1 Å². The summed E-state index contributed by atoms with van der Waals surface area (Å²) in [6.07, 6.45) is 0. The largest absolute Gasteiger partial charge is 0.357 e. The monoisotopic (exact) mass is 285 g/mol. The lowest BCUT2D eigenvalue weighted by Crippen LogP contribution is -1.97. The van der Waals surface area contributed by atoms with Crippen LogP contribution in [0.2, 0.25) is 0 Å². The van der Waals surface area contributed by atoms with Gasteiger partial charge in [0.05, 0.1) is 15.1 Å². The highest BCUT2D eigenvalue weighted by Gasteiger charge is 2.09. The molecule has 0 aliphatic heterocycles. The molecule has 0 aliphatic carbocycles. The normalized spacial score (nSPS) is 10.6. The number of nitrogens with zero attached hydrogens (tertiary/aromatic N) is 2. The van der Waals surface area contributed by atoms with Crippen LogP contribution < -0.4 is 5.32 Å². The van der Waals surface area contributed by atoms with Crippen molar-refractivity contribution in [2.75, 3.05) is 5.32 Å². The quantitative estimate of drug-likeness (QED) is 0.584. The van der Waals surface area contributed by atoms with Crippen LogP contribution in [-0.2, 0) is 6.54 Å². The first-order valence-electron chi connectivity index (χ1n) is 6.05. The Hall–Kier alpha value is -2.47. The van der Waals surface area contributed by atoms with Crippen LogP contribution in [0.15, 0.2) is 48.5 Å². The molecule has 1 heterocycles. The van der Waals surface area contributed by atoms with E-state index in [1.54, 1.807) is 12.1 Å². The van der Waals surface area contributed by atoms with Crippen molar-refractivity contribution in [3.63, 3.8) is 0 Å². The molecular formula is C14H11N3O2S. The molecular weight excluding hydrogens is 274 g/mol. The molecule has 6 heteroatoms. The highest BCUT2D eigenvalue weighted by atomic mass is 32.1. The van der Waals surface area contributed by atoms with E-state index in [1.807, 2.05) is 30.3 Å². The van der Waals surface area contributed by atoms with E-state index in [0.717, 1.165) is 20.9 Å². The van der Waals surface area contributed by atoms with Gasteiger partial charge >= 0.3 is 0 Å². The summed E-state index contributed by atoms with van der Waals surface area (Å²) < 4.78 is 0.815. The number of benzene rings is 2. The minimum Gasteiger partial charge on any atom is -0.357 e. The van der Waals surface area contributed by atoms with Crippen molar-refractivity contribution >= 4 is 32.4 Å². The fourth-order valence-electron chi connectivity index (χ4n) is 1.88. The Morgan fingerprint density at radius 1 is 1.20 bits per heavy atom. The van der Waals surface area contributed by atoms with Gasteiger partial charge in [-0.3, -0.25) is 10.1 Å². The van der Waals surface area contributed by atoms with Gasteiger partial charge < -0.3 is 5.32 Å². The van der Waals surface area contributed by atoms with Crippen LogP contribution in [0.1, 0.15) is 5.56 Å². The number of non-ortho nitro benzene ring substituents is 1. The summed E-state index contributed by atoms with van der Waals surface area (Å²) in [5, 5.41) is 14.7. The summed E-state index contributed by atoms with van der Waals surface area (Å²) in [6, 6.07) is 14.7. The molecule has 3 aromatic rings. The fraction of sp³-hybridized carbons (Fsp3) is 0.0714. The van der Waals surface area contributed by atoms with Gasteiger partial charge in [0.15, 0.2) is 5.13 Å². The van der Waals surface area contributed by atoms with Crippen LogP contribution in [0.5, 0.6) is 0 Å². The topological polar surface area (TPSA) is 68.1 Å². The van der Waals surface area contributed by atoms with Crippen LogP contribution >= 0.6 is 11.3 Å². The smallest absolute Gasteiger partial charge is 0.270 e. The van der Waals surface area contributed by atoms with Gasteiger partial charge in [-0.05, 0) is 11.6 Å². The van der Waals surface area contributed by atoms with Crippen LogP contribution in [0.4, 0.5) is 10.8 Å². The third-order valence-electron chi connectivity index (χ3n) is 2.87. The Kier molecular flexibility index (Phi) is 3.30. The predicted octanol–water partition coefficient (Wildman–Crippen LogP) is 3.82. The minimum absolute atomic E-state index is 0.0933. The average molecular weight is 285 g/mol. The number of rotatable bonds is 4. The molecule has 0 spiro atoms. The van der Waals surface area contributed by atoms with E-state index in [-0.39, 0.29) is 5.69 Å². The maximum Gasteiger partial charge on any atom is 0.270 e. The molecule has 0 atom stereocenters. The molecule has 3 rings (SSSR count). The first-order chi connectivity index (χ1) is 9.72. The molecule has 0 radical (unpaired) electrons. The molecule has 100 valence electrons. The van der Waals surface area contributed by atoms with Crippen molar-refractivity contribution in [1.82, 2.24) is 4.98 Å². The third kappa shape index (κ3) is 2.60. The molecule has 0 saturated carbocycles. The lowest BCUT2D eigenvalue weighted by atomic mass is 10.2. The van der Waals surface area contributed by atoms with Gasteiger partial charge in [-0.1, -0.05) is 41.7 Å². The summed E-state index contributed by atoms with van der Waals surface area (Å²) in [5.41, 5.74) is 2.03. The van der Waals surface area contributed by atoms with Crippen molar-refractivity contribution in [3.8, 4) is 0 Å². The molecule has 0 unspecified atom stereocenters. The van der Waals surface area contributed by atoms with Crippen LogP contribution in [0.3, 0.4) is 0 Å². The first kappa shape index (κ1) is 12.6. The Labute approximate surface area is 119 Å². The van der Waals surface area contributed by atoms with Gasteiger partial charge in [0, 0.05) is 18.7 Å². The SMILES string of the molecule is O=[N+]([O-])c1ccc2nc(NCc3ccccc3)sc2c1. The third-order valence-corrected chi connectivity index (χ3v) is 3.85. The maximum atomic E-state index is 10.7. The van der Waals surface area contributed by atoms with Crippen molar-refractivity contribution in [2.45, 2.75) is 6.54 Å². The molecule has 0 bridgehead atoms. The average Bonchev–Trinajstić information content (AvgIpc) is 2.88. The molecule has 1 aromatic heterocycles. The molecule has 5 nitrogen and oxygen atoms in total. The van der Waals surface area contributed by atoms with Crippen LogP contribution in [-0.4, -0.2) is 9.91 Å². The molecule has 0 fully saturated rings. The van der Waals surface area contributed by atoms with Crippen molar-refractivity contribution in [1.29, 1.82) is 0 Å². The highest BCUT2D eigenvalue weighted by Crippen LogP contribution is 2.29. The first-order valence-corrected chi connectivity index (χ1v) is 6.87. The Morgan fingerprint density at radius 2 is 2.00 bits per heavy atom. The van der Waals surface area contributed by atoms with Gasteiger partial charge in [0.2, 0.25) is 0 Å². The predicted molar refractivity (Wildman–Crippen MR) is 80.0 cm³/mol. The summed E-state index contributed by atoms with van der Waals surface area (Å²) in [6.45, 7) is 0.683. The second-order valence-electron chi connectivity index (χ2n) is 4.27. The van der Waals surface area contributed by atoms with Gasteiger partial charge in [-0.2, -0.15) is 0 Å². The van der Waals surface area contributed by atoms with E-state index < -0.39 is 4.92 Å². The van der Waals surface area contributed by atoms with Gasteiger partial charge in [0.25, 0.3) is 5.69 Å². The van der Waals surface area contributed by atoms with E-state index in [1.165, 1.54) is 17.4 Å². The van der Waals surface area contributed by atoms with Crippen molar-refractivity contribution < 1.29 is 4.92 Å². The zero-order valence-electron chi connectivity index (χ0n) is 10.4. The Bertz CT molecular complexity index is 755. The maximum absolute atomic E-state index is 10.7. The zero-order chi connectivity index (χ0) is 13.9. The molecule has 1 N–H and O–H groups in total. The highest BCUT2D eigenvalue weighted by molar-refractivity contribution is 7.22. The number of thiazole rings is 1. The molecule has 0 amide bonds. The number of hydrogen-bond donors (Lipinski definition) is 1. The van der Waals surface area contributed by atoms with Gasteiger partial charge in [0.1, 0.15) is 0 Å². The lowest BCUT2D eigenvalue weighted by Gasteiger charge is -2.01. The summed E-state index contributed by atoms with van der Waals surface area (Å²) >= 11 is 1.42. The number of hydrogen-bond acceptors (Lipinski definition) is 5. The molecule has 0 saturated heterocycles. The van der Waals surface area contributed by atoms with E-state index in [9.17, 15) is 10.1 Å². The van der Waals surface area contributed by atoms with E-state index in [2.05, 4.69) is 10.3 Å². The van der Waals surface area contributed by atoms with Gasteiger partial charge in [-0.15, -0.1) is 0 Å². The summed E-state index contributed by atoms with van der Waals surface area (Å²) in [4.78, 5) is 14.8. The lowest BCUT2D eigenvalue weighted by molar-refractivity contribution is -0.384. The number of nitro benzene ring substituents is 1. The number of nitrogens with one attached hydrogen (secondary N) is 1. The second kappa shape index (κ2) is 5.26. The number of nitro groups is 1. The fourth-order valence-corrected chi connectivity index (χ4v) is 2.77. The number of aromatic nitrogens is 1. The second-order valence-corrected chi connectivity index (χ2v) is 5.30. The standard InChI is InChI=1S/C14H11N3O2S/c18-17(19)11-6-7-12-13(8-11)20-14(16-12)15-9-10-4-2-1-3-5-10/h1-8H,9H2,(H,15,16).